The maximum Gasteiger partial charge on any atom is 0.223 e. The summed E-state index contributed by atoms with van der Waals surface area (Å²) < 4.78 is 44.3. The van der Waals surface area contributed by atoms with Crippen molar-refractivity contribution in [3.63, 3.8) is 0 Å². The first-order valence-electron chi connectivity index (χ1n) is 23.1. The lowest BCUT2D eigenvalue weighted by atomic mass is 9.64. The molecule has 0 aromatic heterocycles. The Morgan fingerprint density at radius 2 is 1.62 bits per heavy atom. The van der Waals surface area contributed by atoms with Crippen LogP contribution in [0.4, 0.5) is 0 Å². The summed E-state index contributed by atoms with van der Waals surface area (Å²) >= 11 is 0. The smallest absolute Gasteiger partial charge is 0.223 e. The van der Waals surface area contributed by atoms with Crippen molar-refractivity contribution in [2.24, 2.45) is 17.0 Å². The van der Waals surface area contributed by atoms with Gasteiger partial charge in [0.15, 0.2) is 22.9 Å². The number of rotatable bonds is 13. The number of ketones is 2. The monoisotopic (exact) mass is 906 g/mol. The minimum atomic E-state index is -1.72. The topological polar surface area (TPSA) is 180 Å². The second-order valence-electron chi connectivity index (χ2n) is 20.0. The molecule has 352 valence electrons. The molecule has 15 nitrogen and oxygen atoms in total. The number of fused-ring (bicyclic) bond motifs is 2. The van der Waals surface area contributed by atoms with Crippen LogP contribution in [0.5, 0.6) is 11.5 Å². The maximum atomic E-state index is 15.2. The Morgan fingerprint density at radius 3 is 2.21 bits per heavy atom. The van der Waals surface area contributed by atoms with Gasteiger partial charge in [0.2, 0.25) is 11.6 Å². The van der Waals surface area contributed by atoms with Gasteiger partial charge < -0.3 is 43.1 Å². The molecule has 15 heteroatoms. The van der Waals surface area contributed by atoms with Crippen LogP contribution in [-0.2, 0) is 45.7 Å². The van der Waals surface area contributed by atoms with Crippen LogP contribution in [0, 0.1) is 18.8 Å². The molecule has 4 aliphatic heterocycles. The van der Waals surface area contributed by atoms with Crippen LogP contribution in [0.2, 0.25) is 0 Å². The van der Waals surface area contributed by atoms with Crippen molar-refractivity contribution in [1.82, 2.24) is 5.06 Å². The first-order valence-corrected chi connectivity index (χ1v) is 23.1. The van der Waals surface area contributed by atoms with Crippen molar-refractivity contribution >= 4 is 11.6 Å². The average molecular weight is 907 g/mol. The number of phenolic OH excluding ortho intramolecular Hbond substituents is 1. The molecule has 3 aromatic rings. The van der Waals surface area contributed by atoms with E-state index < -0.39 is 64.4 Å². The van der Waals surface area contributed by atoms with E-state index in [4.69, 9.17) is 38.0 Å². The van der Waals surface area contributed by atoms with Crippen molar-refractivity contribution in [3.8, 4) is 11.5 Å². The largest absolute Gasteiger partial charge is 0.506 e. The predicted molar refractivity (Wildman–Crippen MR) is 242 cm³/mol. The van der Waals surface area contributed by atoms with E-state index in [1.54, 1.807) is 25.1 Å². The number of carbonyl (C=O) groups is 2. The number of benzene rings is 3. The van der Waals surface area contributed by atoms with Gasteiger partial charge >= 0.3 is 0 Å². The number of hydrogen-bond acceptors (Lipinski definition) is 13. The number of allylic oxidation sites excluding steroid dienone is 1. The molecule has 6 fully saturated rings. The molecular formula is C51H62N4O11. The minimum Gasteiger partial charge on any atom is -0.506 e. The lowest BCUT2D eigenvalue weighted by Gasteiger charge is -2.55. The SMILES string of the molecule is COc1c([C@@H]2C[C@](C)(N=[N+]=[N-])[C@H](OCc3ccccc3)[C@H](C)O2)ccc2c1C(=O)c1c(cc(C)c(C(=O)/C=C(/ON3C4CC5CC(C4)CC3C5)[C@]3(C)OC(C)(C)O[C@@H]3C)c1O)C2(OC)OC. The van der Waals surface area contributed by atoms with Crippen molar-refractivity contribution in [3.05, 3.63) is 115 Å². The highest BCUT2D eigenvalue weighted by Crippen LogP contribution is 2.54. The summed E-state index contributed by atoms with van der Waals surface area (Å²) in [6.07, 6.45) is 4.58. The highest BCUT2D eigenvalue weighted by atomic mass is 16.8. The third-order valence-electron chi connectivity index (χ3n) is 15.2. The molecule has 6 atom stereocenters. The minimum absolute atomic E-state index is 0.0577. The molecule has 0 spiro atoms. The normalized spacial score (nSPS) is 32.9. The maximum absolute atomic E-state index is 15.2. The molecular weight excluding hydrogens is 845 g/mol. The third-order valence-corrected chi connectivity index (χ3v) is 15.2. The standard InChI is InChI=1S/C51H62N4O11/c1-27-18-37-42(44(57)41(27)38(56)24-40(50(7)29(3)64-48(4,5)66-50)65-55-33-20-31-19-32(22-33)23-34(55)21-31)45(58)43-36(51(37,60-9)61-10)17-16-35(46(43)59-8)39-25-49(6,53-54-52)47(28(2)63-39)62-26-30-14-12-11-13-15-30/h11-18,24,28-29,31-34,39,47,57H,19-23,25-26H2,1-10H3/b40-24+/t28-,29+,31?,32?,33?,34?,39-,47+,49-,50+/m0/s1. The first kappa shape index (κ1) is 46.3. The number of hydrogen-bond donors (Lipinski definition) is 1. The van der Waals surface area contributed by atoms with Gasteiger partial charge in [-0.3, -0.25) is 9.59 Å². The van der Waals surface area contributed by atoms with Crippen LogP contribution in [-0.4, -0.2) is 90.4 Å². The van der Waals surface area contributed by atoms with Crippen molar-refractivity contribution in [2.45, 2.75) is 153 Å². The van der Waals surface area contributed by atoms with Crippen LogP contribution in [0.15, 0.2) is 65.5 Å². The number of carbonyl (C=O) groups excluding carboxylic acids is 2. The second-order valence-corrected chi connectivity index (χ2v) is 20.0. The van der Waals surface area contributed by atoms with Crippen molar-refractivity contribution in [1.29, 1.82) is 0 Å². The van der Waals surface area contributed by atoms with Crippen molar-refractivity contribution < 1.29 is 52.7 Å². The quantitative estimate of drug-likeness (QED) is 0.0327. The Kier molecular flexibility index (Phi) is 12.0. The van der Waals surface area contributed by atoms with E-state index in [0.29, 0.717) is 28.5 Å². The molecule has 4 heterocycles. The molecule has 2 saturated carbocycles. The number of aryl methyl sites for hydroxylation is 1. The van der Waals surface area contributed by atoms with Gasteiger partial charge in [-0.1, -0.05) is 54.5 Å². The first-order chi connectivity index (χ1) is 31.4. The molecule has 10 rings (SSSR count). The summed E-state index contributed by atoms with van der Waals surface area (Å²) in [6.45, 7) is 13.1. The van der Waals surface area contributed by atoms with E-state index in [0.717, 1.165) is 31.2 Å². The molecule has 3 aliphatic carbocycles. The Bertz CT molecular complexity index is 2470. The van der Waals surface area contributed by atoms with Gasteiger partial charge in [-0.05, 0) is 115 Å². The van der Waals surface area contributed by atoms with E-state index >= 15 is 4.79 Å². The van der Waals surface area contributed by atoms with E-state index in [1.807, 2.05) is 71.9 Å². The number of hydroxylamine groups is 2. The lowest BCUT2D eigenvalue weighted by molar-refractivity contribution is -0.260. The lowest BCUT2D eigenvalue weighted by Crippen LogP contribution is -2.58. The van der Waals surface area contributed by atoms with Crippen LogP contribution in [0.3, 0.4) is 0 Å². The van der Waals surface area contributed by atoms with Gasteiger partial charge in [0.1, 0.15) is 11.5 Å². The molecule has 0 radical (unpaired) electrons. The number of ether oxygens (including phenoxy) is 7. The number of azide groups is 1. The van der Waals surface area contributed by atoms with E-state index in [-0.39, 0.29) is 58.9 Å². The summed E-state index contributed by atoms with van der Waals surface area (Å²) in [5.41, 5.74) is 9.73. The van der Waals surface area contributed by atoms with Gasteiger partial charge in [0, 0.05) is 54.0 Å². The van der Waals surface area contributed by atoms with Gasteiger partial charge in [0.05, 0.1) is 60.4 Å². The fourth-order valence-electron chi connectivity index (χ4n) is 12.4. The average Bonchev–Trinajstić information content (AvgIpc) is 3.49. The highest BCUT2D eigenvalue weighted by molar-refractivity contribution is 6.19. The highest BCUT2D eigenvalue weighted by Gasteiger charge is 2.56. The summed E-state index contributed by atoms with van der Waals surface area (Å²) in [6, 6.07) is 15.3. The molecule has 7 aliphatic rings. The molecule has 4 bridgehead atoms. The predicted octanol–water partition coefficient (Wildman–Crippen LogP) is 9.44. The molecule has 1 N–H and O–H groups in total. The molecule has 0 unspecified atom stereocenters. The fourth-order valence-corrected chi connectivity index (χ4v) is 12.4. The van der Waals surface area contributed by atoms with Gasteiger partial charge in [-0.15, -0.1) is 5.06 Å². The second kappa shape index (κ2) is 17.0. The summed E-state index contributed by atoms with van der Waals surface area (Å²) in [7, 11) is 4.34. The number of aromatic hydroxyl groups is 1. The molecule has 3 aromatic carbocycles. The third kappa shape index (κ3) is 7.52. The number of nitrogens with zero attached hydrogens (tertiary/aromatic N) is 4. The fraction of sp³-hybridized carbons (Fsp3) is 0.569. The van der Waals surface area contributed by atoms with Gasteiger partial charge in [0.25, 0.3) is 0 Å². The van der Waals surface area contributed by atoms with Crippen LogP contribution in [0.1, 0.15) is 140 Å². The summed E-state index contributed by atoms with van der Waals surface area (Å²) in [5, 5.41) is 18.8. The zero-order valence-electron chi connectivity index (χ0n) is 39.6. The Labute approximate surface area is 386 Å². The summed E-state index contributed by atoms with van der Waals surface area (Å²) in [4.78, 5) is 40.3. The Morgan fingerprint density at radius 1 is 0.955 bits per heavy atom. The molecule has 0 amide bonds. The van der Waals surface area contributed by atoms with Crippen LogP contribution < -0.4 is 4.74 Å². The van der Waals surface area contributed by atoms with Crippen molar-refractivity contribution in [2.75, 3.05) is 21.3 Å². The number of methoxy groups -OCH3 is 3. The molecule has 4 saturated heterocycles. The Balaban J connectivity index is 1.11. The Hall–Kier alpha value is -4.83. The van der Waals surface area contributed by atoms with E-state index in [9.17, 15) is 15.4 Å². The zero-order valence-corrected chi connectivity index (χ0v) is 39.6. The van der Waals surface area contributed by atoms with E-state index in [1.165, 1.54) is 33.8 Å². The number of phenols is 1. The van der Waals surface area contributed by atoms with Crippen LogP contribution >= 0.6 is 0 Å². The van der Waals surface area contributed by atoms with E-state index in [2.05, 4.69) is 15.1 Å². The van der Waals surface area contributed by atoms with Crippen LogP contribution in [0.25, 0.3) is 10.4 Å². The number of piperidine rings is 2. The summed E-state index contributed by atoms with van der Waals surface area (Å²) in [5.74, 6) is -2.65. The van der Waals surface area contributed by atoms with Gasteiger partial charge in [-0.25, -0.2) is 0 Å². The zero-order chi connectivity index (χ0) is 47.1. The molecule has 66 heavy (non-hydrogen) atoms. The van der Waals surface area contributed by atoms with Gasteiger partial charge in [-0.2, -0.15) is 0 Å².